The molecule has 122 valence electrons. The van der Waals surface area contributed by atoms with Crippen LogP contribution in [0.4, 0.5) is 4.39 Å². The number of hydrogen-bond acceptors (Lipinski definition) is 2. The first-order chi connectivity index (χ1) is 10.9. The summed E-state index contributed by atoms with van der Waals surface area (Å²) in [6, 6.07) is 9.71. The standard InChI is InChI=1S/C18H19ClFNO2/c1-11(2)21-18(22)12-4-6-15(13(8-12)10-23-3)16-7-5-14(19)9-17(16)20/h4-9,11H,10H2,1-3H3,(H,21,22). The zero-order valence-corrected chi connectivity index (χ0v) is 14.1. The first-order valence-electron chi connectivity index (χ1n) is 7.30. The van der Waals surface area contributed by atoms with Gasteiger partial charge in [-0.3, -0.25) is 4.79 Å². The topological polar surface area (TPSA) is 38.3 Å². The van der Waals surface area contributed by atoms with Crippen LogP contribution in [0.15, 0.2) is 36.4 Å². The van der Waals surface area contributed by atoms with Crippen molar-refractivity contribution in [1.82, 2.24) is 5.32 Å². The van der Waals surface area contributed by atoms with Gasteiger partial charge >= 0.3 is 0 Å². The Labute approximate surface area is 140 Å². The number of halogens is 2. The molecule has 23 heavy (non-hydrogen) atoms. The third-order valence-electron chi connectivity index (χ3n) is 3.31. The van der Waals surface area contributed by atoms with Gasteiger partial charge in [0.2, 0.25) is 0 Å². The van der Waals surface area contributed by atoms with Crippen molar-refractivity contribution in [3.8, 4) is 11.1 Å². The summed E-state index contributed by atoms with van der Waals surface area (Å²) in [5.74, 6) is -0.574. The number of hydrogen-bond donors (Lipinski definition) is 1. The van der Waals surface area contributed by atoms with E-state index in [2.05, 4.69) is 5.32 Å². The number of nitrogens with one attached hydrogen (secondary N) is 1. The smallest absolute Gasteiger partial charge is 0.251 e. The minimum Gasteiger partial charge on any atom is -0.380 e. The van der Waals surface area contributed by atoms with Crippen molar-refractivity contribution in [2.75, 3.05) is 7.11 Å². The summed E-state index contributed by atoms with van der Waals surface area (Å²) in [4.78, 5) is 12.1. The van der Waals surface area contributed by atoms with Crippen molar-refractivity contribution in [2.45, 2.75) is 26.5 Å². The predicted molar refractivity (Wildman–Crippen MR) is 90.2 cm³/mol. The average molecular weight is 336 g/mol. The molecule has 2 aromatic carbocycles. The summed E-state index contributed by atoms with van der Waals surface area (Å²) >= 11 is 5.80. The molecule has 0 saturated carbocycles. The van der Waals surface area contributed by atoms with Gasteiger partial charge < -0.3 is 10.1 Å². The molecule has 0 aliphatic heterocycles. The normalized spacial score (nSPS) is 10.9. The molecule has 1 amide bonds. The molecule has 3 nitrogen and oxygen atoms in total. The molecule has 2 aromatic rings. The third kappa shape index (κ3) is 4.30. The molecule has 5 heteroatoms. The van der Waals surface area contributed by atoms with Crippen molar-refractivity contribution in [2.24, 2.45) is 0 Å². The number of rotatable bonds is 5. The molecule has 2 rings (SSSR count). The Balaban J connectivity index is 2.46. The second-order valence-electron chi connectivity index (χ2n) is 5.56. The zero-order valence-electron chi connectivity index (χ0n) is 13.3. The maximum absolute atomic E-state index is 14.2. The van der Waals surface area contributed by atoms with E-state index in [9.17, 15) is 9.18 Å². The molecule has 0 radical (unpaired) electrons. The lowest BCUT2D eigenvalue weighted by molar-refractivity contribution is 0.0943. The maximum Gasteiger partial charge on any atom is 0.251 e. The van der Waals surface area contributed by atoms with E-state index in [1.54, 1.807) is 37.4 Å². The third-order valence-corrected chi connectivity index (χ3v) is 3.54. The van der Waals surface area contributed by atoms with E-state index in [-0.39, 0.29) is 18.6 Å². The van der Waals surface area contributed by atoms with Crippen LogP contribution in [0.1, 0.15) is 29.8 Å². The fourth-order valence-corrected chi connectivity index (χ4v) is 2.48. The largest absolute Gasteiger partial charge is 0.380 e. The van der Waals surface area contributed by atoms with Crippen LogP contribution in [0.5, 0.6) is 0 Å². The molecule has 0 spiro atoms. The molecule has 0 atom stereocenters. The minimum absolute atomic E-state index is 0.0433. The monoisotopic (exact) mass is 335 g/mol. The molecule has 0 aliphatic carbocycles. The van der Waals surface area contributed by atoms with Crippen LogP contribution in [0, 0.1) is 5.82 Å². The molecule has 0 saturated heterocycles. The Morgan fingerprint density at radius 1 is 1.22 bits per heavy atom. The summed E-state index contributed by atoms with van der Waals surface area (Å²) in [5, 5.41) is 3.18. The van der Waals surface area contributed by atoms with E-state index >= 15 is 0 Å². The summed E-state index contributed by atoms with van der Waals surface area (Å²) in [6.45, 7) is 4.07. The van der Waals surface area contributed by atoms with Gasteiger partial charge in [0.05, 0.1) is 6.61 Å². The van der Waals surface area contributed by atoms with Gasteiger partial charge in [-0.25, -0.2) is 4.39 Å². The molecule has 0 aromatic heterocycles. The number of methoxy groups -OCH3 is 1. The maximum atomic E-state index is 14.2. The number of carbonyl (C=O) groups is 1. The van der Waals surface area contributed by atoms with Crippen molar-refractivity contribution < 1.29 is 13.9 Å². The van der Waals surface area contributed by atoms with Crippen LogP contribution < -0.4 is 5.32 Å². The Bertz CT molecular complexity index is 716. The molecule has 1 N–H and O–H groups in total. The van der Waals surface area contributed by atoms with E-state index in [4.69, 9.17) is 16.3 Å². The fraction of sp³-hybridized carbons (Fsp3) is 0.278. The number of benzene rings is 2. The lowest BCUT2D eigenvalue weighted by Crippen LogP contribution is -2.30. The Morgan fingerprint density at radius 2 is 1.91 bits per heavy atom. The van der Waals surface area contributed by atoms with Gasteiger partial charge in [-0.2, -0.15) is 0 Å². The molecule has 0 aliphatic rings. The van der Waals surface area contributed by atoms with Gasteiger partial charge in [0.1, 0.15) is 5.82 Å². The van der Waals surface area contributed by atoms with E-state index < -0.39 is 5.82 Å². The number of amides is 1. The highest BCUT2D eigenvalue weighted by Crippen LogP contribution is 2.29. The fourth-order valence-electron chi connectivity index (χ4n) is 2.33. The van der Waals surface area contributed by atoms with Crippen molar-refractivity contribution in [3.63, 3.8) is 0 Å². The molecular formula is C18H19ClFNO2. The molecule has 0 fully saturated rings. The Hall–Kier alpha value is -1.91. The Morgan fingerprint density at radius 3 is 2.52 bits per heavy atom. The summed E-state index contributed by atoms with van der Waals surface area (Å²) < 4.78 is 19.4. The second kappa shape index (κ2) is 7.57. The summed E-state index contributed by atoms with van der Waals surface area (Å²) in [5.41, 5.74) is 2.37. The highest BCUT2D eigenvalue weighted by Gasteiger charge is 2.14. The zero-order chi connectivity index (χ0) is 17.0. The minimum atomic E-state index is -0.408. The van der Waals surface area contributed by atoms with E-state index in [0.717, 1.165) is 5.56 Å². The van der Waals surface area contributed by atoms with Crippen LogP contribution in [-0.2, 0) is 11.3 Å². The van der Waals surface area contributed by atoms with Crippen molar-refractivity contribution in [3.05, 3.63) is 58.4 Å². The van der Waals surface area contributed by atoms with E-state index in [1.165, 1.54) is 6.07 Å². The van der Waals surface area contributed by atoms with Gasteiger partial charge in [-0.05, 0) is 55.3 Å². The summed E-state index contributed by atoms with van der Waals surface area (Å²) in [7, 11) is 1.56. The number of ether oxygens (including phenoxy) is 1. The second-order valence-corrected chi connectivity index (χ2v) is 5.99. The van der Waals surface area contributed by atoms with Crippen LogP contribution in [-0.4, -0.2) is 19.1 Å². The lowest BCUT2D eigenvalue weighted by atomic mass is 9.97. The highest BCUT2D eigenvalue weighted by atomic mass is 35.5. The van der Waals surface area contributed by atoms with Gasteiger partial charge in [0.15, 0.2) is 0 Å². The van der Waals surface area contributed by atoms with Crippen molar-refractivity contribution in [1.29, 1.82) is 0 Å². The van der Waals surface area contributed by atoms with Gasteiger partial charge in [-0.1, -0.05) is 17.7 Å². The van der Waals surface area contributed by atoms with Crippen LogP contribution >= 0.6 is 11.6 Å². The van der Waals surface area contributed by atoms with Crippen LogP contribution in [0.3, 0.4) is 0 Å². The molecule has 0 heterocycles. The Kier molecular flexibility index (Phi) is 5.74. The molecular weight excluding hydrogens is 317 g/mol. The first-order valence-corrected chi connectivity index (χ1v) is 7.68. The van der Waals surface area contributed by atoms with Crippen LogP contribution in [0.25, 0.3) is 11.1 Å². The lowest BCUT2D eigenvalue weighted by Gasteiger charge is -2.14. The molecule has 0 bridgehead atoms. The predicted octanol–water partition coefficient (Wildman–Crippen LogP) is 4.43. The van der Waals surface area contributed by atoms with Crippen molar-refractivity contribution >= 4 is 17.5 Å². The van der Waals surface area contributed by atoms with Gasteiger partial charge in [-0.15, -0.1) is 0 Å². The van der Waals surface area contributed by atoms with E-state index in [0.29, 0.717) is 21.7 Å². The first kappa shape index (κ1) is 17.4. The van der Waals surface area contributed by atoms with Gasteiger partial charge in [0, 0.05) is 29.3 Å². The SMILES string of the molecule is COCc1cc(C(=O)NC(C)C)ccc1-c1ccc(Cl)cc1F. The van der Waals surface area contributed by atoms with Crippen LogP contribution in [0.2, 0.25) is 5.02 Å². The number of carbonyl (C=O) groups excluding carboxylic acids is 1. The van der Waals surface area contributed by atoms with E-state index in [1.807, 2.05) is 13.8 Å². The quantitative estimate of drug-likeness (QED) is 0.877. The average Bonchev–Trinajstić information content (AvgIpc) is 2.47. The summed E-state index contributed by atoms with van der Waals surface area (Å²) in [6.07, 6.45) is 0. The van der Waals surface area contributed by atoms with Gasteiger partial charge in [0.25, 0.3) is 5.91 Å². The highest BCUT2D eigenvalue weighted by molar-refractivity contribution is 6.30. The molecule has 0 unspecified atom stereocenters.